The molecule has 0 heterocycles. The summed E-state index contributed by atoms with van der Waals surface area (Å²) in [5, 5.41) is 9.05. The van der Waals surface area contributed by atoms with Crippen molar-refractivity contribution in [3.8, 4) is 11.5 Å². The Balaban J connectivity index is 2.85. The first kappa shape index (κ1) is 18.3. The van der Waals surface area contributed by atoms with Crippen LogP contribution in [0.5, 0.6) is 11.5 Å². The second-order valence-electron chi connectivity index (χ2n) is 5.85. The van der Waals surface area contributed by atoms with E-state index >= 15 is 0 Å². The van der Waals surface area contributed by atoms with Gasteiger partial charge in [0.15, 0.2) is 11.5 Å². The van der Waals surface area contributed by atoms with Crippen molar-refractivity contribution in [2.75, 3.05) is 20.3 Å². The number of hydrogen-bond donors (Lipinski definition) is 1. The molecule has 0 spiro atoms. The van der Waals surface area contributed by atoms with Crippen LogP contribution < -0.4 is 9.47 Å². The molecule has 0 amide bonds. The van der Waals surface area contributed by atoms with Crippen molar-refractivity contribution < 1.29 is 19.4 Å². The highest BCUT2D eigenvalue weighted by Gasteiger charge is 2.17. The number of nitrogens with zero attached hydrogens (tertiary/aromatic N) is 1. The first-order valence-electron chi connectivity index (χ1n) is 7.66. The maximum atomic E-state index is 11.0. The molecule has 0 aliphatic carbocycles. The summed E-state index contributed by atoms with van der Waals surface area (Å²) in [7, 11) is 1.79. The lowest BCUT2D eigenvalue weighted by molar-refractivity contribution is -0.142. The minimum atomic E-state index is -0.829. The molecular weight excluding hydrogens is 282 g/mol. The van der Waals surface area contributed by atoms with Crippen LogP contribution in [-0.4, -0.2) is 42.3 Å². The minimum absolute atomic E-state index is 0.441. The van der Waals surface area contributed by atoms with Gasteiger partial charge in [-0.25, -0.2) is 0 Å². The van der Waals surface area contributed by atoms with E-state index in [0.717, 1.165) is 11.3 Å². The van der Waals surface area contributed by atoms with Gasteiger partial charge in [0.05, 0.1) is 13.2 Å². The van der Waals surface area contributed by atoms with Gasteiger partial charge >= 0.3 is 5.97 Å². The topological polar surface area (TPSA) is 59.0 Å². The van der Waals surface area contributed by atoms with E-state index in [2.05, 4.69) is 13.8 Å². The molecule has 1 aromatic carbocycles. The lowest BCUT2D eigenvalue weighted by atomic mass is 10.1. The second-order valence-corrected chi connectivity index (χ2v) is 5.85. The van der Waals surface area contributed by atoms with Crippen molar-refractivity contribution in [3.63, 3.8) is 0 Å². The Kier molecular flexibility index (Phi) is 7.18. The summed E-state index contributed by atoms with van der Waals surface area (Å²) in [6.45, 7) is 9.52. The minimum Gasteiger partial charge on any atom is -0.490 e. The molecule has 0 saturated carbocycles. The van der Waals surface area contributed by atoms with Gasteiger partial charge in [-0.3, -0.25) is 9.69 Å². The average molecular weight is 309 g/mol. The zero-order valence-electron chi connectivity index (χ0n) is 14.1. The van der Waals surface area contributed by atoms with Crippen molar-refractivity contribution in [2.45, 2.75) is 40.3 Å². The Hall–Kier alpha value is -1.75. The highest BCUT2D eigenvalue weighted by Crippen LogP contribution is 2.29. The SMILES string of the molecule is CCOc1cc(CN(C)C(C)C(=O)O)ccc1OCC(C)C. The lowest BCUT2D eigenvalue weighted by Gasteiger charge is -2.22. The van der Waals surface area contributed by atoms with Gasteiger partial charge < -0.3 is 14.6 Å². The van der Waals surface area contributed by atoms with E-state index in [-0.39, 0.29) is 0 Å². The van der Waals surface area contributed by atoms with Crippen LogP contribution in [0.1, 0.15) is 33.3 Å². The molecule has 1 unspecified atom stereocenters. The van der Waals surface area contributed by atoms with Gasteiger partial charge in [-0.15, -0.1) is 0 Å². The summed E-state index contributed by atoms with van der Waals surface area (Å²) in [6, 6.07) is 5.22. The number of likely N-dealkylation sites (N-methyl/N-ethyl adjacent to an activating group) is 1. The third kappa shape index (κ3) is 5.56. The van der Waals surface area contributed by atoms with Gasteiger partial charge in [0.2, 0.25) is 0 Å². The smallest absolute Gasteiger partial charge is 0.320 e. The Morgan fingerprint density at radius 1 is 1.23 bits per heavy atom. The van der Waals surface area contributed by atoms with E-state index in [1.165, 1.54) is 0 Å². The van der Waals surface area contributed by atoms with Crippen molar-refractivity contribution >= 4 is 5.97 Å². The Morgan fingerprint density at radius 3 is 2.45 bits per heavy atom. The molecule has 1 rings (SSSR count). The van der Waals surface area contributed by atoms with Crippen molar-refractivity contribution in [1.82, 2.24) is 4.90 Å². The highest BCUT2D eigenvalue weighted by molar-refractivity contribution is 5.72. The van der Waals surface area contributed by atoms with Crippen LogP contribution in [-0.2, 0) is 11.3 Å². The van der Waals surface area contributed by atoms with E-state index in [4.69, 9.17) is 14.6 Å². The molecule has 1 aromatic rings. The van der Waals surface area contributed by atoms with Gasteiger partial charge in [0.1, 0.15) is 6.04 Å². The number of rotatable bonds is 9. The third-order valence-corrected chi connectivity index (χ3v) is 3.33. The molecule has 0 aliphatic heterocycles. The van der Waals surface area contributed by atoms with Crippen LogP contribution in [0.4, 0.5) is 0 Å². The first-order chi connectivity index (χ1) is 10.3. The molecule has 0 aliphatic rings. The molecule has 5 nitrogen and oxygen atoms in total. The number of ether oxygens (including phenoxy) is 2. The summed E-state index contributed by atoms with van der Waals surface area (Å²) < 4.78 is 11.4. The molecule has 1 N–H and O–H groups in total. The van der Waals surface area contributed by atoms with Crippen molar-refractivity contribution in [1.29, 1.82) is 0 Å². The van der Waals surface area contributed by atoms with E-state index in [9.17, 15) is 4.79 Å². The number of carboxylic acids is 1. The summed E-state index contributed by atoms with van der Waals surface area (Å²) in [6.07, 6.45) is 0. The van der Waals surface area contributed by atoms with Crippen LogP contribution in [0.2, 0.25) is 0 Å². The largest absolute Gasteiger partial charge is 0.490 e. The molecule has 124 valence electrons. The van der Waals surface area contributed by atoms with Gasteiger partial charge in [-0.2, -0.15) is 0 Å². The monoisotopic (exact) mass is 309 g/mol. The zero-order chi connectivity index (χ0) is 16.7. The Labute approximate surface area is 132 Å². The van der Waals surface area contributed by atoms with Crippen LogP contribution >= 0.6 is 0 Å². The van der Waals surface area contributed by atoms with Gasteiger partial charge in [-0.05, 0) is 44.5 Å². The quantitative estimate of drug-likeness (QED) is 0.760. The van der Waals surface area contributed by atoms with Gasteiger partial charge in [-0.1, -0.05) is 19.9 Å². The van der Waals surface area contributed by atoms with Crippen LogP contribution in [0, 0.1) is 5.92 Å². The van der Waals surface area contributed by atoms with Crippen molar-refractivity contribution in [2.24, 2.45) is 5.92 Å². The molecule has 0 bridgehead atoms. The van der Waals surface area contributed by atoms with E-state index in [1.807, 2.05) is 25.1 Å². The molecule has 1 atom stereocenters. The molecule has 5 heteroatoms. The lowest BCUT2D eigenvalue weighted by Crippen LogP contribution is -2.35. The number of hydrogen-bond acceptors (Lipinski definition) is 4. The fourth-order valence-electron chi connectivity index (χ4n) is 1.91. The number of carbonyl (C=O) groups is 1. The Morgan fingerprint density at radius 2 is 1.91 bits per heavy atom. The standard InChI is InChI=1S/C17H27NO4/c1-6-21-16-9-14(10-18(5)13(4)17(19)20)7-8-15(16)22-11-12(2)3/h7-9,12-13H,6,10-11H2,1-5H3,(H,19,20). The van der Waals surface area contributed by atoms with Crippen molar-refractivity contribution in [3.05, 3.63) is 23.8 Å². The van der Waals surface area contributed by atoms with Crippen LogP contribution in [0.3, 0.4) is 0 Å². The predicted molar refractivity (Wildman–Crippen MR) is 86.5 cm³/mol. The maximum Gasteiger partial charge on any atom is 0.320 e. The molecule has 0 fully saturated rings. The second kappa shape index (κ2) is 8.63. The molecule has 0 radical (unpaired) electrons. The number of benzene rings is 1. The van der Waals surface area contributed by atoms with Crippen LogP contribution in [0.25, 0.3) is 0 Å². The van der Waals surface area contributed by atoms with Gasteiger partial charge in [0.25, 0.3) is 0 Å². The summed E-state index contributed by atoms with van der Waals surface area (Å²) in [5.74, 6) is 1.05. The summed E-state index contributed by atoms with van der Waals surface area (Å²) >= 11 is 0. The molecule has 0 aromatic heterocycles. The Bertz CT molecular complexity index is 488. The van der Waals surface area contributed by atoms with Crippen LogP contribution in [0.15, 0.2) is 18.2 Å². The van der Waals surface area contributed by atoms with Gasteiger partial charge in [0, 0.05) is 6.54 Å². The fourth-order valence-corrected chi connectivity index (χ4v) is 1.91. The third-order valence-electron chi connectivity index (χ3n) is 3.33. The number of aliphatic carboxylic acids is 1. The summed E-state index contributed by atoms with van der Waals surface area (Å²) in [4.78, 5) is 12.8. The predicted octanol–water partition coefficient (Wildman–Crippen LogP) is 3.03. The highest BCUT2D eigenvalue weighted by atomic mass is 16.5. The fraction of sp³-hybridized carbons (Fsp3) is 0.588. The van der Waals surface area contributed by atoms with E-state index < -0.39 is 12.0 Å². The molecular formula is C17H27NO4. The summed E-state index contributed by atoms with van der Waals surface area (Å²) in [5.41, 5.74) is 0.996. The first-order valence-corrected chi connectivity index (χ1v) is 7.66. The zero-order valence-corrected chi connectivity index (χ0v) is 14.1. The number of carboxylic acid groups (broad SMARTS) is 1. The normalized spacial score (nSPS) is 12.5. The average Bonchev–Trinajstić information content (AvgIpc) is 2.45. The van der Waals surface area contributed by atoms with E-state index in [1.54, 1.807) is 18.9 Å². The molecule has 22 heavy (non-hydrogen) atoms. The molecule has 0 saturated heterocycles. The van der Waals surface area contributed by atoms with E-state index in [0.29, 0.717) is 31.4 Å². The maximum absolute atomic E-state index is 11.0.